The molecule has 2 N–H and O–H groups in total. The predicted octanol–water partition coefficient (Wildman–Crippen LogP) is 4.00. The Morgan fingerprint density at radius 1 is 1.11 bits per heavy atom. The zero-order chi connectivity index (χ0) is 25.9. The maximum absolute atomic E-state index is 11.9. The Morgan fingerprint density at radius 3 is 2.57 bits per heavy atom. The molecule has 0 spiro atoms. The number of rotatable bonds is 5. The van der Waals surface area contributed by atoms with E-state index in [0.29, 0.717) is 31.3 Å². The Labute approximate surface area is 221 Å². The van der Waals surface area contributed by atoms with Crippen molar-refractivity contribution in [1.29, 1.82) is 0 Å². The van der Waals surface area contributed by atoms with Gasteiger partial charge in [0.15, 0.2) is 5.82 Å². The highest BCUT2D eigenvalue weighted by Gasteiger charge is 2.32. The molecular weight excluding hydrogens is 492 g/mol. The minimum atomic E-state index is -0.233. The van der Waals surface area contributed by atoms with E-state index in [4.69, 9.17) is 26.3 Å². The maximum atomic E-state index is 11.9. The summed E-state index contributed by atoms with van der Waals surface area (Å²) in [5.74, 6) is 2.41. The first-order valence-corrected chi connectivity index (χ1v) is 13.0. The van der Waals surface area contributed by atoms with Crippen LogP contribution in [0.2, 0.25) is 5.28 Å². The van der Waals surface area contributed by atoms with Crippen LogP contribution < -0.4 is 20.4 Å². The molecule has 4 heterocycles. The van der Waals surface area contributed by atoms with Crippen molar-refractivity contribution in [3.05, 3.63) is 52.6 Å². The minimum absolute atomic E-state index is 0.0330. The molecule has 2 amide bonds. The summed E-state index contributed by atoms with van der Waals surface area (Å²) in [6.45, 7) is 10.2. The van der Waals surface area contributed by atoms with Crippen molar-refractivity contribution in [2.24, 2.45) is 0 Å². The highest BCUT2D eigenvalue weighted by atomic mass is 35.5. The van der Waals surface area contributed by atoms with E-state index in [-0.39, 0.29) is 17.4 Å². The number of benzene rings is 1. The molecule has 10 nitrogen and oxygen atoms in total. The normalized spacial score (nSPS) is 17.4. The lowest BCUT2D eigenvalue weighted by Crippen LogP contribution is -2.40. The Morgan fingerprint density at radius 2 is 1.86 bits per heavy atom. The quantitative estimate of drug-likeness (QED) is 0.484. The number of anilines is 3. The van der Waals surface area contributed by atoms with Gasteiger partial charge in [-0.05, 0) is 63.1 Å². The van der Waals surface area contributed by atoms with E-state index < -0.39 is 0 Å². The molecular formula is C26H31ClN8O2. The number of amides is 2. The van der Waals surface area contributed by atoms with E-state index in [1.807, 2.05) is 44.2 Å². The van der Waals surface area contributed by atoms with Gasteiger partial charge in [-0.25, -0.2) is 24.7 Å². The van der Waals surface area contributed by atoms with Gasteiger partial charge in [-0.15, -0.1) is 0 Å². The molecule has 0 bridgehead atoms. The second-order valence-electron chi connectivity index (χ2n) is 9.15. The smallest absolute Gasteiger partial charge is 0.319 e. The van der Waals surface area contributed by atoms with Crippen LogP contribution in [-0.2, 0) is 11.2 Å². The Balaban J connectivity index is 1.52. The van der Waals surface area contributed by atoms with Crippen LogP contribution in [0.4, 0.5) is 22.1 Å². The molecule has 5 rings (SSSR count). The van der Waals surface area contributed by atoms with Crippen molar-refractivity contribution in [3.8, 4) is 11.4 Å². The third-order valence-electron chi connectivity index (χ3n) is 6.64. The topological polar surface area (TPSA) is 108 Å². The second-order valence-corrected chi connectivity index (χ2v) is 9.49. The van der Waals surface area contributed by atoms with Crippen LogP contribution >= 0.6 is 11.6 Å². The number of nitrogens with one attached hydrogen (secondary N) is 2. The van der Waals surface area contributed by atoms with Gasteiger partial charge in [0.2, 0.25) is 5.28 Å². The average Bonchev–Trinajstić information content (AvgIpc) is 2.89. The van der Waals surface area contributed by atoms with Crippen LogP contribution in [-0.4, -0.2) is 65.4 Å². The zero-order valence-corrected chi connectivity index (χ0v) is 22.0. The summed E-state index contributed by atoms with van der Waals surface area (Å²) in [5, 5.41) is 5.81. The van der Waals surface area contributed by atoms with E-state index in [2.05, 4.69) is 37.3 Å². The third kappa shape index (κ3) is 5.45. The summed E-state index contributed by atoms with van der Waals surface area (Å²) in [4.78, 5) is 35.2. The molecule has 3 aromatic rings. The molecule has 2 aliphatic heterocycles. The fourth-order valence-corrected chi connectivity index (χ4v) is 5.05. The largest absolute Gasteiger partial charge is 0.378 e. The number of nitrogens with zero attached hydrogens (tertiary/aromatic N) is 6. The van der Waals surface area contributed by atoms with Crippen LogP contribution in [0, 0.1) is 6.92 Å². The summed E-state index contributed by atoms with van der Waals surface area (Å²) in [5.41, 5.74) is 4.56. The van der Waals surface area contributed by atoms with Gasteiger partial charge in [0.05, 0.1) is 24.9 Å². The Hall–Kier alpha value is -3.50. The van der Waals surface area contributed by atoms with Gasteiger partial charge in [-0.2, -0.15) is 0 Å². The predicted molar refractivity (Wildman–Crippen MR) is 144 cm³/mol. The first kappa shape index (κ1) is 25.2. The van der Waals surface area contributed by atoms with Gasteiger partial charge in [-0.1, -0.05) is 0 Å². The second kappa shape index (κ2) is 10.9. The first-order valence-electron chi connectivity index (χ1n) is 12.6. The SMILES string of the molecule is CCNC(=O)Nc1ccc(-c2nc3c(c(N4CCOCC4)n2)CCN(c2cc(C)nc(Cl)n2)C3C)cc1. The highest BCUT2D eigenvalue weighted by Crippen LogP contribution is 2.37. The van der Waals surface area contributed by atoms with Crippen LogP contribution in [0.1, 0.15) is 36.8 Å². The molecule has 1 saturated heterocycles. The zero-order valence-electron chi connectivity index (χ0n) is 21.3. The van der Waals surface area contributed by atoms with E-state index in [1.165, 1.54) is 5.56 Å². The summed E-state index contributed by atoms with van der Waals surface area (Å²) < 4.78 is 5.60. The molecule has 0 radical (unpaired) electrons. The molecule has 2 aliphatic rings. The number of halogens is 1. The lowest BCUT2D eigenvalue weighted by atomic mass is 9.97. The number of aryl methyl sites for hydroxylation is 1. The lowest BCUT2D eigenvalue weighted by molar-refractivity contribution is 0.122. The minimum Gasteiger partial charge on any atom is -0.378 e. The van der Waals surface area contributed by atoms with Gasteiger partial charge >= 0.3 is 6.03 Å². The van der Waals surface area contributed by atoms with Crippen molar-refractivity contribution in [1.82, 2.24) is 25.3 Å². The molecule has 0 saturated carbocycles. The van der Waals surface area contributed by atoms with Crippen LogP contribution in [0.25, 0.3) is 11.4 Å². The molecule has 0 aliphatic carbocycles. The van der Waals surface area contributed by atoms with E-state index >= 15 is 0 Å². The highest BCUT2D eigenvalue weighted by molar-refractivity contribution is 6.28. The van der Waals surface area contributed by atoms with Gasteiger partial charge in [0.1, 0.15) is 11.6 Å². The van der Waals surface area contributed by atoms with Gasteiger partial charge in [-0.3, -0.25) is 0 Å². The molecule has 11 heteroatoms. The Kier molecular flexibility index (Phi) is 7.38. The van der Waals surface area contributed by atoms with Crippen molar-refractivity contribution < 1.29 is 9.53 Å². The van der Waals surface area contributed by atoms with Crippen molar-refractivity contribution in [2.75, 3.05) is 54.5 Å². The number of urea groups is 1. The number of aromatic nitrogens is 4. The van der Waals surface area contributed by atoms with Crippen LogP contribution in [0.5, 0.6) is 0 Å². The molecule has 2 aromatic heterocycles. The third-order valence-corrected chi connectivity index (χ3v) is 6.81. The standard InChI is InChI=1S/C26H31ClN8O2/c1-4-28-26(36)30-19-7-5-18(6-8-19)23-32-22-17(3)35(21-15-16(2)29-25(27)31-21)10-9-20(22)24(33-23)34-11-13-37-14-12-34/h5-8,15,17H,4,9-14H2,1-3H3,(H2,28,30,36). The van der Waals surface area contributed by atoms with E-state index in [0.717, 1.165) is 54.6 Å². The van der Waals surface area contributed by atoms with E-state index in [9.17, 15) is 4.79 Å². The monoisotopic (exact) mass is 522 g/mol. The molecule has 194 valence electrons. The number of hydrogen-bond acceptors (Lipinski definition) is 8. The number of hydrogen-bond donors (Lipinski definition) is 2. The number of carbonyl (C=O) groups excluding carboxylic acids is 1. The summed E-state index contributed by atoms with van der Waals surface area (Å²) in [6.07, 6.45) is 0.794. The Bertz CT molecular complexity index is 1260. The summed E-state index contributed by atoms with van der Waals surface area (Å²) in [6, 6.07) is 9.29. The fraction of sp³-hybridized carbons (Fsp3) is 0.423. The number of fused-ring (bicyclic) bond motifs is 1. The number of carbonyl (C=O) groups is 1. The van der Waals surface area contributed by atoms with Crippen LogP contribution in [0.15, 0.2) is 30.3 Å². The molecule has 1 atom stereocenters. The molecule has 1 aromatic carbocycles. The van der Waals surface area contributed by atoms with E-state index in [1.54, 1.807) is 0 Å². The van der Waals surface area contributed by atoms with Crippen LogP contribution in [0.3, 0.4) is 0 Å². The average molecular weight is 523 g/mol. The van der Waals surface area contributed by atoms with Gasteiger partial charge < -0.3 is 25.2 Å². The molecule has 1 unspecified atom stereocenters. The van der Waals surface area contributed by atoms with Gasteiger partial charge in [0, 0.05) is 54.8 Å². The van der Waals surface area contributed by atoms with Crippen molar-refractivity contribution in [2.45, 2.75) is 33.2 Å². The molecule has 37 heavy (non-hydrogen) atoms. The number of morpholine rings is 1. The lowest BCUT2D eigenvalue weighted by Gasteiger charge is -2.38. The first-order chi connectivity index (χ1) is 17.9. The van der Waals surface area contributed by atoms with Gasteiger partial charge in [0.25, 0.3) is 0 Å². The number of ether oxygens (including phenoxy) is 1. The molecule has 1 fully saturated rings. The van der Waals surface area contributed by atoms with Crippen molar-refractivity contribution >= 4 is 35.0 Å². The fourth-order valence-electron chi connectivity index (χ4n) is 4.83. The summed E-state index contributed by atoms with van der Waals surface area (Å²) >= 11 is 6.19. The van der Waals surface area contributed by atoms with Crippen molar-refractivity contribution in [3.63, 3.8) is 0 Å². The maximum Gasteiger partial charge on any atom is 0.319 e. The summed E-state index contributed by atoms with van der Waals surface area (Å²) in [7, 11) is 0.